The maximum absolute atomic E-state index is 12.6. The number of hydrogen-bond acceptors (Lipinski definition) is 1. The van der Waals surface area contributed by atoms with Crippen LogP contribution in [-0.4, -0.2) is 19.8 Å². The summed E-state index contributed by atoms with van der Waals surface area (Å²) >= 11 is 5.80. The van der Waals surface area contributed by atoms with Gasteiger partial charge in [0, 0.05) is 29.9 Å². The van der Waals surface area contributed by atoms with Crippen LogP contribution in [0.4, 0.5) is 4.39 Å². The van der Waals surface area contributed by atoms with E-state index in [9.17, 15) is 4.39 Å². The standard InChI is InChI=1S/C11H13ClFN/c12-10-3-1-8(2-4-10)11-7-14-6-9(11)5-13/h1-4,9,11,14H,5-7H2/t9-,11+/m0/s1. The Labute approximate surface area is 88.3 Å². The van der Waals surface area contributed by atoms with Gasteiger partial charge in [0.05, 0.1) is 6.67 Å². The molecule has 1 aliphatic rings. The highest BCUT2D eigenvalue weighted by Crippen LogP contribution is 2.29. The highest BCUT2D eigenvalue weighted by Gasteiger charge is 2.27. The lowest BCUT2D eigenvalue weighted by Crippen LogP contribution is -2.12. The average molecular weight is 214 g/mol. The van der Waals surface area contributed by atoms with Crippen LogP contribution in [0.25, 0.3) is 0 Å². The highest BCUT2D eigenvalue weighted by atomic mass is 35.5. The fraction of sp³-hybridized carbons (Fsp3) is 0.455. The van der Waals surface area contributed by atoms with Crippen LogP contribution in [0, 0.1) is 5.92 Å². The summed E-state index contributed by atoms with van der Waals surface area (Å²) in [6.45, 7) is 1.40. The average Bonchev–Trinajstić information content (AvgIpc) is 2.67. The molecule has 0 unspecified atom stereocenters. The van der Waals surface area contributed by atoms with Crippen LogP contribution in [0.3, 0.4) is 0 Å². The van der Waals surface area contributed by atoms with Crippen molar-refractivity contribution in [1.29, 1.82) is 0 Å². The van der Waals surface area contributed by atoms with Crippen LogP contribution in [0.15, 0.2) is 24.3 Å². The SMILES string of the molecule is FC[C@H]1CNC[C@@H]1c1ccc(Cl)cc1. The quantitative estimate of drug-likeness (QED) is 0.797. The minimum absolute atomic E-state index is 0.121. The summed E-state index contributed by atoms with van der Waals surface area (Å²) in [4.78, 5) is 0. The first-order valence-corrected chi connectivity index (χ1v) is 5.21. The topological polar surface area (TPSA) is 12.0 Å². The van der Waals surface area contributed by atoms with Gasteiger partial charge in [0.25, 0.3) is 0 Å². The Morgan fingerprint density at radius 1 is 1.29 bits per heavy atom. The smallest absolute Gasteiger partial charge is 0.0941 e. The van der Waals surface area contributed by atoms with Gasteiger partial charge in [0.15, 0.2) is 0 Å². The Balaban J connectivity index is 2.17. The molecule has 1 fully saturated rings. The van der Waals surface area contributed by atoms with Crippen LogP contribution in [0.2, 0.25) is 5.02 Å². The van der Waals surface area contributed by atoms with Gasteiger partial charge < -0.3 is 5.32 Å². The van der Waals surface area contributed by atoms with Gasteiger partial charge in [-0.25, -0.2) is 0 Å². The van der Waals surface area contributed by atoms with Crippen LogP contribution in [0.1, 0.15) is 11.5 Å². The van der Waals surface area contributed by atoms with Crippen molar-refractivity contribution >= 4 is 11.6 Å². The van der Waals surface area contributed by atoms with Crippen LogP contribution in [-0.2, 0) is 0 Å². The third-order valence-electron chi connectivity index (χ3n) is 2.84. The molecule has 2 atom stereocenters. The summed E-state index contributed by atoms with van der Waals surface area (Å²) in [6.07, 6.45) is 0. The molecule has 1 heterocycles. The number of benzene rings is 1. The summed E-state index contributed by atoms with van der Waals surface area (Å²) < 4.78 is 12.6. The molecule has 1 aliphatic heterocycles. The fourth-order valence-electron chi connectivity index (χ4n) is 2.00. The van der Waals surface area contributed by atoms with Crippen molar-refractivity contribution < 1.29 is 4.39 Å². The Kier molecular flexibility index (Phi) is 3.04. The lowest BCUT2D eigenvalue weighted by atomic mass is 9.90. The lowest BCUT2D eigenvalue weighted by molar-refractivity contribution is 0.358. The monoisotopic (exact) mass is 213 g/mol. The summed E-state index contributed by atoms with van der Waals surface area (Å²) in [5.74, 6) is 0.424. The van der Waals surface area contributed by atoms with Gasteiger partial charge in [-0.2, -0.15) is 0 Å². The Morgan fingerprint density at radius 2 is 2.00 bits per heavy atom. The summed E-state index contributed by atoms with van der Waals surface area (Å²) in [7, 11) is 0. The molecule has 1 aromatic rings. The predicted octanol–water partition coefficient (Wildman–Crippen LogP) is 2.61. The molecule has 2 rings (SSSR count). The van der Waals surface area contributed by atoms with Crippen molar-refractivity contribution in [2.75, 3.05) is 19.8 Å². The highest BCUT2D eigenvalue weighted by molar-refractivity contribution is 6.30. The molecule has 1 N–H and O–H groups in total. The van der Waals surface area contributed by atoms with Gasteiger partial charge in [0.1, 0.15) is 0 Å². The van der Waals surface area contributed by atoms with Crippen molar-refractivity contribution in [3.63, 3.8) is 0 Å². The van der Waals surface area contributed by atoms with Crippen LogP contribution in [0.5, 0.6) is 0 Å². The first-order valence-electron chi connectivity index (χ1n) is 4.83. The van der Waals surface area contributed by atoms with Gasteiger partial charge in [0.2, 0.25) is 0 Å². The molecule has 1 nitrogen and oxygen atoms in total. The second-order valence-corrected chi connectivity index (χ2v) is 4.17. The van der Waals surface area contributed by atoms with E-state index in [1.807, 2.05) is 24.3 Å². The van der Waals surface area contributed by atoms with E-state index in [0.717, 1.165) is 18.1 Å². The first kappa shape index (κ1) is 9.94. The summed E-state index contributed by atoms with van der Waals surface area (Å²) in [5, 5.41) is 3.95. The van der Waals surface area contributed by atoms with E-state index in [1.54, 1.807) is 0 Å². The number of nitrogens with one attached hydrogen (secondary N) is 1. The lowest BCUT2D eigenvalue weighted by Gasteiger charge is -2.15. The van der Waals surface area contributed by atoms with Gasteiger partial charge >= 0.3 is 0 Å². The number of rotatable bonds is 2. The zero-order valence-corrected chi connectivity index (χ0v) is 8.60. The van der Waals surface area contributed by atoms with E-state index < -0.39 is 0 Å². The van der Waals surface area contributed by atoms with Gasteiger partial charge in [-0.3, -0.25) is 4.39 Å². The number of alkyl halides is 1. The van der Waals surface area contributed by atoms with Crippen molar-refractivity contribution in [3.05, 3.63) is 34.9 Å². The maximum atomic E-state index is 12.6. The molecule has 1 aromatic carbocycles. The van der Waals surface area contributed by atoms with Crippen LogP contribution < -0.4 is 5.32 Å². The Hall–Kier alpha value is -0.600. The molecule has 14 heavy (non-hydrogen) atoms. The molecule has 0 saturated carbocycles. The minimum atomic E-state index is -0.250. The maximum Gasteiger partial charge on any atom is 0.0941 e. The second-order valence-electron chi connectivity index (χ2n) is 3.73. The first-order chi connectivity index (χ1) is 6.81. The predicted molar refractivity (Wildman–Crippen MR) is 56.5 cm³/mol. The van der Waals surface area contributed by atoms with E-state index in [-0.39, 0.29) is 12.6 Å². The van der Waals surface area contributed by atoms with E-state index in [4.69, 9.17) is 11.6 Å². The van der Waals surface area contributed by atoms with Crippen LogP contribution >= 0.6 is 11.6 Å². The Morgan fingerprint density at radius 3 is 2.64 bits per heavy atom. The zero-order chi connectivity index (χ0) is 9.97. The van der Waals surface area contributed by atoms with Crippen molar-refractivity contribution in [2.45, 2.75) is 5.92 Å². The Bertz CT molecular complexity index is 299. The zero-order valence-electron chi connectivity index (χ0n) is 7.84. The third kappa shape index (κ3) is 1.91. The number of hydrogen-bond donors (Lipinski definition) is 1. The normalized spacial score (nSPS) is 26.7. The fourth-order valence-corrected chi connectivity index (χ4v) is 2.12. The van der Waals surface area contributed by atoms with E-state index in [2.05, 4.69) is 5.32 Å². The molecule has 0 aliphatic carbocycles. The van der Waals surface area contributed by atoms with Gasteiger partial charge in [-0.15, -0.1) is 0 Å². The molecular formula is C11H13ClFN. The van der Waals surface area contributed by atoms with Crippen molar-refractivity contribution in [1.82, 2.24) is 5.32 Å². The molecule has 0 spiro atoms. The molecular weight excluding hydrogens is 201 g/mol. The number of halogens is 2. The van der Waals surface area contributed by atoms with E-state index in [0.29, 0.717) is 5.92 Å². The molecule has 1 saturated heterocycles. The molecule has 0 radical (unpaired) electrons. The van der Waals surface area contributed by atoms with Gasteiger partial charge in [-0.1, -0.05) is 23.7 Å². The van der Waals surface area contributed by atoms with Gasteiger partial charge in [-0.05, 0) is 17.7 Å². The minimum Gasteiger partial charge on any atom is -0.316 e. The van der Waals surface area contributed by atoms with E-state index >= 15 is 0 Å². The second kappa shape index (κ2) is 4.28. The summed E-state index contributed by atoms with van der Waals surface area (Å²) in [5.41, 5.74) is 1.18. The third-order valence-corrected chi connectivity index (χ3v) is 3.09. The van der Waals surface area contributed by atoms with Crippen molar-refractivity contribution in [2.24, 2.45) is 5.92 Å². The molecule has 0 bridgehead atoms. The largest absolute Gasteiger partial charge is 0.316 e. The molecule has 76 valence electrons. The van der Waals surface area contributed by atoms with E-state index in [1.165, 1.54) is 5.56 Å². The summed E-state index contributed by atoms with van der Waals surface area (Å²) in [6, 6.07) is 7.71. The molecule has 3 heteroatoms. The molecule has 0 amide bonds. The molecule has 0 aromatic heterocycles. The van der Waals surface area contributed by atoms with Crippen molar-refractivity contribution in [3.8, 4) is 0 Å².